The fourth-order valence-electron chi connectivity index (χ4n) is 4.07. The van der Waals surface area contributed by atoms with Crippen molar-refractivity contribution in [3.63, 3.8) is 0 Å². The minimum Gasteiger partial charge on any atom is -0.339 e. The highest BCUT2D eigenvalue weighted by Gasteiger charge is 2.30. The predicted molar refractivity (Wildman–Crippen MR) is 138 cm³/mol. The van der Waals surface area contributed by atoms with E-state index in [1.54, 1.807) is 11.0 Å². The molecule has 0 bridgehead atoms. The van der Waals surface area contributed by atoms with E-state index in [0.29, 0.717) is 41.7 Å². The highest BCUT2D eigenvalue weighted by Crippen LogP contribution is 2.34. The number of rotatable bonds is 8. The molecule has 9 heteroatoms. The van der Waals surface area contributed by atoms with Crippen LogP contribution in [-0.4, -0.2) is 33.4 Å². The first-order valence-electron chi connectivity index (χ1n) is 11.6. The summed E-state index contributed by atoms with van der Waals surface area (Å²) in [5.74, 6) is -0.0388. The minimum absolute atomic E-state index is 0.0388. The van der Waals surface area contributed by atoms with Gasteiger partial charge in [0, 0.05) is 36.4 Å². The first-order valence-corrected chi connectivity index (χ1v) is 12.5. The minimum atomic E-state index is -4.42. The van der Waals surface area contributed by atoms with Crippen molar-refractivity contribution in [2.75, 3.05) is 18.4 Å². The number of carbonyl (C=O) groups is 1. The van der Waals surface area contributed by atoms with Crippen LogP contribution < -0.4 is 5.32 Å². The maximum atomic E-state index is 13.2. The van der Waals surface area contributed by atoms with Crippen molar-refractivity contribution in [1.82, 2.24) is 14.5 Å². The third-order valence-corrected chi connectivity index (χ3v) is 6.80. The number of carbonyl (C=O) groups excluding carboxylic acids is 1. The van der Waals surface area contributed by atoms with Crippen LogP contribution >= 0.6 is 11.3 Å². The largest absolute Gasteiger partial charge is 0.416 e. The third-order valence-electron chi connectivity index (χ3n) is 6.04. The summed E-state index contributed by atoms with van der Waals surface area (Å²) in [4.78, 5) is 19.7. The molecule has 0 aliphatic heterocycles. The molecule has 4 rings (SSSR count). The van der Waals surface area contributed by atoms with Crippen LogP contribution in [-0.2, 0) is 12.7 Å². The molecule has 1 N–H and O–H groups in total. The van der Waals surface area contributed by atoms with Crippen molar-refractivity contribution in [1.29, 1.82) is 0 Å². The Labute approximate surface area is 212 Å². The summed E-state index contributed by atoms with van der Waals surface area (Å²) in [6, 6.07) is 16.8. The Balaban J connectivity index is 1.70. The van der Waals surface area contributed by atoms with Crippen LogP contribution in [0.4, 0.5) is 24.0 Å². The lowest BCUT2D eigenvalue weighted by atomic mass is 10.2. The SMILES string of the molecule is CCN(CC)C(=O)c1cc(-c2csc(Nc3cccc(C(F)(F)F)c3)n2)n(Cc2ccccc2)c1C. The van der Waals surface area contributed by atoms with E-state index in [-0.39, 0.29) is 5.91 Å². The predicted octanol–water partition coefficient (Wildman–Crippen LogP) is 7.21. The Morgan fingerprint density at radius 3 is 2.44 bits per heavy atom. The van der Waals surface area contributed by atoms with Gasteiger partial charge < -0.3 is 14.8 Å². The fraction of sp³-hybridized carbons (Fsp3) is 0.259. The zero-order valence-corrected chi connectivity index (χ0v) is 21.1. The zero-order valence-electron chi connectivity index (χ0n) is 20.3. The Morgan fingerprint density at radius 1 is 1.06 bits per heavy atom. The van der Waals surface area contributed by atoms with E-state index >= 15 is 0 Å². The van der Waals surface area contributed by atoms with Crippen LogP contribution in [0.15, 0.2) is 66.0 Å². The van der Waals surface area contributed by atoms with Gasteiger partial charge in [-0.05, 0) is 50.6 Å². The molecule has 0 fully saturated rings. The lowest BCUT2D eigenvalue weighted by molar-refractivity contribution is -0.137. The van der Waals surface area contributed by atoms with Crippen molar-refractivity contribution in [3.8, 4) is 11.4 Å². The topological polar surface area (TPSA) is 50.2 Å². The van der Waals surface area contributed by atoms with Crippen molar-refractivity contribution < 1.29 is 18.0 Å². The molecule has 2 heterocycles. The maximum Gasteiger partial charge on any atom is 0.416 e. The number of hydrogen-bond acceptors (Lipinski definition) is 4. The molecule has 36 heavy (non-hydrogen) atoms. The average Bonchev–Trinajstić information content (AvgIpc) is 3.44. The van der Waals surface area contributed by atoms with E-state index in [2.05, 4.69) is 14.9 Å². The van der Waals surface area contributed by atoms with Gasteiger partial charge in [-0.25, -0.2) is 4.98 Å². The molecule has 1 amide bonds. The van der Waals surface area contributed by atoms with Gasteiger partial charge in [-0.15, -0.1) is 11.3 Å². The Bertz CT molecular complexity index is 1340. The number of nitrogens with zero attached hydrogens (tertiary/aromatic N) is 3. The second-order valence-electron chi connectivity index (χ2n) is 8.32. The van der Waals surface area contributed by atoms with Crippen molar-refractivity contribution in [3.05, 3.63) is 88.4 Å². The van der Waals surface area contributed by atoms with Gasteiger partial charge in [0.25, 0.3) is 5.91 Å². The number of alkyl halides is 3. The van der Waals surface area contributed by atoms with E-state index in [4.69, 9.17) is 0 Å². The molecule has 0 saturated carbocycles. The number of hydrogen-bond donors (Lipinski definition) is 1. The third kappa shape index (κ3) is 5.46. The van der Waals surface area contributed by atoms with Gasteiger partial charge in [0.15, 0.2) is 5.13 Å². The molecular formula is C27H27F3N4OS. The van der Waals surface area contributed by atoms with Crippen molar-refractivity contribution >= 4 is 28.1 Å². The summed E-state index contributed by atoms with van der Waals surface area (Å²) in [6.07, 6.45) is -4.42. The highest BCUT2D eigenvalue weighted by molar-refractivity contribution is 7.14. The lowest BCUT2D eigenvalue weighted by Gasteiger charge is -2.18. The Hall–Kier alpha value is -3.59. The standard InChI is InChI=1S/C27H27F3N4OS/c1-4-33(5-2)25(35)22-15-24(34(18(22)3)16-19-10-7-6-8-11-19)23-17-36-26(32-23)31-21-13-9-12-20(14-21)27(28,29)30/h6-15,17H,4-5,16H2,1-3H3,(H,31,32). The Morgan fingerprint density at radius 2 is 1.78 bits per heavy atom. The van der Waals surface area contributed by atoms with Gasteiger partial charge in [0.2, 0.25) is 0 Å². The van der Waals surface area contributed by atoms with E-state index in [1.807, 2.05) is 62.5 Å². The molecule has 188 valence electrons. The van der Waals surface area contributed by atoms with Crippen LogP contribution in [0.1, 0.15) is 41.0 Å². The number of thiazole rings is 1. The summed E-state index contributed by atoms with van der Waals surface area (Å²) in [5, 5.41) is 5.29. The van der Waals surface area contributed by atoms with E-state index < -0.39 is 11.7 Å². The zero-order chi connectivity index (χ0) is 25.9. The molecule has 0 atom stereocenters. The van der Waals surface area contributed by atoms with E-state index in [0.717, 1.165) is 29.1 Å². The van der Waals surface area contributed by atoms with Crippen LogP contribution in [0.5, 0.6) is 0 Å². The summed E-state index contributed by atoms with van der Waals surface area (Å²) in [6.45, 7) is 7.60. The highest BCUT2D eigenvalue weighted by atomic mass is 32.1. The monoisotopic (exact) mass is 512 g/mol. The molecular weight excluding hydrogens is 485 g/mol. The second kappa shape index (κ2) is 10.6. The van der Waals surface area contributed by atoms with Crippen LogP contribution in [0.3, 0.4) is 0 Å². The first kappa shape index (κ1) is 25.5. The lowest BCUT2D eigenvalue weighted by Crippen LogP contribution is -2.30. The number of amides is 1. The van der Waals surface area contributed by atoms with Crippen LogP contribution in [0, 0.1) is 6.92 Å². The second-order valence-corrected chi connectivity index (χ2v) is 9.18. The maximum absolute atomic E-state index is 13.2. The molecule has 0 aliphatic carbocycles. The molecule has 0 radical (unpaired) electrons. The summed E-state index contributed by atoms with van der Waals surface area (Å²) in [5.41, 5.74) is 3.54. The van der Waals surface area contributed by atoms with Crippen LogP contribution in [0.25, 0.3) is 11.4 Å². The number of anilines is 2. The van der Waals surface area contributed by atoms with Gasteiger partial charge in [0.1, 0.15) is 0 Å². The first-order chi connectivity index (χ1) is 17.2. The number of halogens is 3. The molecule has 0 spiro atoms. The Kier molecular flexibility index (Phi) is 7.49. The summed E-state index contributed by atoms with van der Waals surface area (Å²) < 4.78 is 41.3. The van der Waals surface area contributed by atoms with E-state index in [1.165, 1.54) is 17.4 Å². The number of aromatic nitrogens is 2. The van der Waals surface area contributed by atoms with Gasteiger partial charge in [-0.3, -0.25) is 4.79 Å². The average molecular weight is 513 g/mol. The molecule has 5 nitrogen and oxygen atoms in total. The van der Waals surface area contributed by atoms with Crippen molar-refractivity contribution in [2.24, 2.45) is 0 Å². The van der Waals surface area contributed by atoms with Gasteiger partial charge in [-0.2, -0.15) is 13.2 Å². The molecule has 0 aliphatic rings. The normalized spacial score (nSPS) is 11.5. The number of nitrogens with one attached hydrogen (secondary N) is 1. The number of benzene rings is 2. The fourth-order valence-corrected chi connectivity index (χ4v) is 4.79. The molecule has 2 aromatic heterocycles. The summed E-state index contributed by atoms with van der Waals surface area (Å²) >= 11 is 1.29. The smallest absolute Gasteiger partial charge is 0.339 e. The quantitative estimate of drug-likeness (QED) is 0.271. The molecule has 2 aromatic carbocycles. The summed E-state index contributed by atoms with van der Waals surface area (Å²) in [7, 11) is 0. The molecule has 0 saturated heterocycles. The molecule has 4 aromatic rings. The van der Waals surface area contributed by atoms with Crippen molar-refractivity contribution in [2.45, 2.75) is 33.5 Å². The van der Waals surface area contributed by atoms with Gasteiger partial charge >= 0.3 is 6.18 Å². The van der Waals surface area contributed by atoms with E-state index in [9.17, 15) is 18.0 Å². The molecule has 0 unspecified atom stereocenters. The van der Waals surface area contributed by atoms with Crippen LogP contribution in [0.2, 0.25) is 0 Å². The van der Waals surface area contributed by atoms with Gasteiger partial charge in [-0.1, -0.05) is 36.4 Å². The van der Waals surface area contributed by atoms with Gasteiger partial charge in [0.05, 0.1) is 22.5 Å².